The third-order valence-electron chi connectivity index (χ3n) is 6.14. The summed E-state index contributed by atoms with van der Waals surface area (Å²) in [5, 5.41) is 10.0. The number of likely N-dealkylation sites (tertiary alicyclic amines) is 1. The molecule has 5 nitrogen and oxygen atoms in total. The van der Waals surface area contributed by atoms with E-state index in [2.05, 4.69) is 21.8 Å². The molecule has 2 N–H and O–H groups in total. The maximum atomic E-state index is 12.0. The van der Waals surface area contributed by atoms with Crippen LogP contribution in [0.2, 0.25) is 0 Å². The topological polar surface area (TPSA) is 69.6 Å². The highest BCUT2D eigenvalue weighted by Gasteiger charge is 2.49. The fourth-order valence-corrected chi connectivity index (χ4v) is 5.28. The lowest BCUT2D eigenvalue weighted by Crippen LogP contribution is -2.67. The van der Waals surface area contributed by atoms with Crippen molar-refractivity contribution in [1.29, 1.82) is 0 Å². The Bertz CT molecular complexity index is 659. The zero-order chi connectivity index (χ0) is 18.6. The van der Waals surface area contributed by atoms with Gasteiger partial charge in [0.05, 0.1) is 12.4 Å². The number of aliphatic hydroxyl groups excluding tert-OH is 1. The Hall–Kier alpha value is -0.950. The van der Waals surface area contributed by atoms with Crippen molar-refractivity contribution in [2.24, 2.45) is 5.92 Å². The summed E-state index contributed by atoms with van der Waals surface area (Å²) >= 11 is 0. The number of hydrogen-bond acceptors (Lipinski definition) is 4. The fraction of sp³-hybridized carbons (Fsp3) is 0.700. The van der Waals surface area contributed by atoms with Crippen LogP contribution >= 0.6 is 0 Å². The van der Waals surface area contributed by atoms with Crippen molar-refractivity contribution in [2.45, 2.75) is 57.0 Å². The Morgan fingerprint density at radius 1 is 1.12 bits per heavy atom. The molecule has 1 heterocycles. The van der Waals surface area contributed by atoms with Crippen molar-refractivity contribution < 1.29 is 13.5 Å². The van der Waals surface area contributed by atoms with Crippen LogP contribution in [0.15, 0.2) is 30.3 Å². The second-order valence-corrected chi connectivity index (χ2v) is 9.80. The van der Waals surface area contributed by atoms with Gasteiger partial charge in [0, 0.05) is 31.1 Å². The molecule has 3 atom stereocenters. The van der Waals surface area contributed by atoms with E-state index in [1.807, 2.05) is 18.2 Å². The zero-order valence-corrected chi connectivity index (χ0v) is 16.5. The minimum absolute atomic E-state index is 0.0791. The number of rotatable bonds is 8. The molecule has 2 aliphatic rings. The molecule has 146 valence electrons. The molecule has 1 saturated carbocycles. The Kier molecular flexibility index (Phi) is 6.72. The van der Waals surface area contributed by atoms with Crippen LogP contribution in [-0.4, -0.2) is 56.0 Å². The minimum Gasteiger partial charge on any atom is -0.395 e. The molecule has 1 aliphatic carbocycles. The molecule has 1 aromatic carbocycles. The molecule has 0 amide bonds. The van der Waals surface area contributed by atoms with Crippen molar-refractivity contribution in [3.05, 3.63) is 35.9 Å². The average molecular weight is 381 g/mol. The molecule has 3 rings (SSSR count). The summed E-state index contributed by atoms with van der Waals surface area (Å²) in [5.74, 6) is 0.936. The molecule has 0 aromatic heterocycles. The monoisotopic (exact) mass is 380 g/mol. The van der Waals surface area contributed by atoms with Gasteiger partial charge in [0.25, 0.3) is 0 Å². The van der Waals surface area contributed by atoms with Gasteiger partial charge in [-0.2, -0.15) is 0 Å². The third-order valence-corrected chi connectivity index (χ3v) is 7.51. The van der Waals surface area contributed by atoms with E-state index in [1.54, 1.807) is 6.92 Å². The van der Waals surface area contributed by atoms with Crippen LogP contribution in [0.4, 0.5) is 0 Å². The summed E-state index contributed by atoms with van der Waals surface area (Å²) in [7, 11) is -3.22. The molecule has 2 fully saturated rings. The highest BCUT2D eigenvalue weighted by Crippen LogP contribution is 2.42. The van der Waals surface area contributed by atoms with Gasteiger partial charge in [-0.05, 0) is 31.2 Å². The van der Waals surface area contributed by atoms with Crippen LogP contribution in [-0.2, 0) is 10.0 Å². The van der Waals surface area contributed by atoms with Crippen LogP contribution in [0, 0.1) is 5.92 Å². The second-order valence-electron chi connectivity index (χ2n) is 7.71. The summed E-state index contributed by atoms with van der Waals surface area (Å²) in [4.78, 5) is 2.35. The summed E-state index contributed by atoms with van der Waals surface area (Å²) < 4.78 is 26.7. The molecule has 0 unspecified atom stereocenters. The lowest BCUT2D eigenvalue weighted by Gasteiger charge is -2.56. The number of sulfonamides is 1. The van der Waals surface area contributed by atoms with Crippen LogP contribution in [0.25, 0.3) is 0 Å². The lowest BCUT2D eigenvalue weighted by atomic mass is 9.74. The van der Waals surface area contributed by atoms with E-state index in [0.29, 0.717) is 12.5 Å². The minimum atomic E-state index is -3.22. The van der Waals surface area contributed by atoms with Gasteiger partial charge < -0.3 is 5.11 Å². The van der Waals surface area contributed by atoms with Crippen molar-refractivity contribution >= 4 is 10.0 Å². The van der Waals surface area contributed by atoms with E-state index in [0.717, 1.165) is 6.54 Å². The molecule has 0 spiro atoms. The molecule has 1 aromatic rings. The van der Waals surface area contributed by atoms with Gasteiger partial charge in [0.2, 0.25) is 10.0 Å². The van der Waals surface area contributed by atoms with E-state index in [1.165, 1.54) is 37.7 Å². The Morgan fingerprint density at radius 2 is 1.81 bits per heavy atom. The van der Waals surface area contributed by atoms with Crippen LogP contribution < -0.4 is 4.72 Å². The first-order valence-electron chi connectivity index (χ1n) is 9.94. The summed E-state index contributed by atoms with van der Waals surface area (Å²) in [6.07, 6.45) is 6.40. The van der Waals surface area contributed by atoms with Crippen molar-refractivity contribution in [3.8, 4) is 0 Å². The quantitative estimate of drug-likeness (QED) is 0.726. The van der Waals surface area contributed by atoms with E-state index in [9.17, 15) is 13.5 Å². The van der Waals surface area contributed by atoms with Crippen LogP contribution in [0.3, 0.4) is 0 Å². The smallest absolute Gasteiger partial charge is 0.211 e. The largest absolute Gasteiger partial charge is 0.395 e. The highest BCUT2D eigenvalue weighted by molar-refractivity contribution is 7.89. The first-order valence-corrected chi connectivity index (χ1v) is 11.6. The number of hydrogen-bond donors (Lipinski definition) is 2. The van der Waals surface area contributed by atoms with E-state index in [-0.39, 0.29) is 30.4 Å². The van der Waals surface area contributed by atoms with Gasteiger partial charge in [-0.25, -0.2) is 13.1 Å². The van der Waals surface area contributed by atoms with E-state index >= 15 is 0 Å². The first-order chi connectivity index (χ1) is 12.6. The van der Waals surface area contributed by atoms with Crippen molar-refractivity contribution in [2.75, 3.05) is 25.4 Å². The van der Waals surface area contributed by atoms with Gasteiger partial charge in [-0.1, -0.05) is 49.6 Å². The molecule has 1 aliphatic heterocycles. The summed E-state index contributed by atoms with van der Waals surface area (Å²) in [6, 6.07) is 10.4. The lowest BCUT2D eigenvalue weighted by molar-refractivity contribution is -0.0528. The predicted octanol–water partition coefficient (Wildman–Crippen LogP) is 2.33. The molecule has 6 heteroatoms. The zero-order valence-electron chi connectivity index (χ0n) is 15.7. The summed E-state index contributed by atoms with van der Waals surface area (Å²) in [5.41, 5.74) is 1.19. The average Bonchev–Trinajstić information content (AvgIpc) is 2.66. The Labute approximate surface area is 157 Å². The Morgan fingerprint density at radius 3 is 2.42 bits per heavy atom. The molecule has 0 radical (unpaired) electrons. The van der Waals surface area contributed by atoms with E-state index < -0.39 is 10.0 Å². The number of nitrogens with zero attached hydrogens (tertiary/aromatic N) is 1. The summed E-state index contributed by atoms with van der Waals surface area (Å²) in [6.45, 7) is 3.16. The maximum Gasteiger partial charge on any atom is 0.211 e. The standard InChI is InChI=1S/C20H32N2O3S/c1-2-26(24,25)21-13-18-20(17-11-7-4-8-12-17)19(15-23)22(18)14-16-9-5-3-6-10-16/h4,7-8,11-12,16,18-21,23H,2-3,5-6,9-10,13-15H2,1H3/t18-,19+,20+/m0/s1. The fourth-order valence-electron chi connectivity index (χ4n) is 4.65. The highest BCUT2D eigenvalue weighted by atomic mass is 32.2. The normalized spacial score (nSPS) is 28.0. The molecule has 0 bridgehead atoms. The molecule has 26 heavy (non-hydrogen) atoms. The second kappa shape index (κ2) is 8.83. The van der Waals surface area contributed by atoms with Crippen LogP contribution in [0.1, 0.15) is 50.5 Å². The number of nitrogens with one attached hydrogen (secondary N) is 1. The van der Waals surface area contributed by atoms with E-state index in [4.69, 9.17) is 0 Å². The Balaban J connectivity index is 1.76. The van der Waals surface area contributed by atoms with Crippen molar-refractivity contribution in [1.82, 2.24) is 9.62 Å². The van der Waals surface area contributed by atoms with Crippen molar-refractivity contribution in [3.63, 3.8) is 0 Å². The molecular weight excluding hydrogens is 348 g/mol. The van der Waals surface area contributed by atoms with Gasteiger partial charge in [-0.3, -0.25) is 4.90 Å². The SMILES string of the molecule is CCS(=O)(=O)NC[C@H]1[C@@H](c2ccccc2)[C@@H](CO)N1CC1CCCCC1. The molecular formula is C20H32N2O3S. The van der Waals surface area contributed by atoms with Gasteiger partial charge in [0.1, 0.15) is 0 Å². The third kappa shape index (κ3) is 4.47. The van der Waals surface area contributed by atoms with Gasteiger partial charge in [0.15, 0.2) is 0 Å². The number of aliphatic hydroxyl groups is 1. The molecule has 1 saturated heterocycles. The predicted molar refractivity (Wildman–Crippen MR) is 105 cm³/mol. The van der Waals surface area contributed by atoms with Gasteiger partial charge in [-0.15, -0.1) is 0 Å². The van der Waals surface area contributed by atoms with Crippen LogP contribution in [0.5, 0.6) is 0 Å². The maximum absolute atomic E-state index is 12.0. The first kappa shape index (κ1) is 19.8. The van der Waals surface area contributed by atoms with Gasteiger partial charge >= 0.3 is 0 Å². The number of benzene rings is 1.